The predicted octanol–water partition coefficient (Wildman–Crippen LogP) is 7.01. The van der Waals surface area contributed by atoms with Gasteiger partial charge in [-0.1, -0.05) is 78.9 Å². The number of allylic oxidation sites excluding steroid dienone is 1. The van der Waals surface area contributed by atoms with Crippen molar-refractivity contribution >= 4 is 26.1 Å². The molecule has 168 valence electrons. The first kappa shape index (κ1) is 24.6. The molecule has 0 bridgehead atoms. The summed E-state index contributed by atoms with van der Waals surface area (Å²) < 4.78 is 21.3. The maximum Gasteiger partial charge on any atom is 0.186 e. The fourth-order valence-corrected chi connectivity index (χ4v) is 8.25. The first-order valence-electron chi connectivity index (χ1n) is 11.5. The number of benzene rings is 2. The highest BCUT2D eigenvalue weighted by atomic mass is 31.2. The van der Waals surface area contributed by atoms with E-state index in [-0.39, 0.29) is 0 Å². The van der Waals surface area contributed by atoms with Gasteiger partial charge in [-0.05, 0) is 64.7 Å². The lowest BCUT2D eigenvalue weighted by Gasteiger charge is -2.28. The van der Waals surface area contributed by atoms with E-state index in [2.05, 4.69) is 37.2 Å². The maximum absolute atomic E-state index is 14.9. The van der Waals surface area contributed by atoms with Crippen LogP contribution in [0.2, 0.25) is 19.6 Å². The molecule has 4 heteroatoms. The molecule has 1 aliphatic rings. The fraction of sp³-hybridized carbons (Fsp3) is 0.393. The Morgan fingerprint density at radius 1 is 0.875 bits per heavy atom. The molecular weight excluding hydrogens is 427 g/mol. The van der Waals surface area contributed by atoms with Gasteiger partial charge in [0.25, 0.3) is 0 Å². The van der Waals surface area contributed by atoms with Gasteiger partial charge in [0.05, 0.1) is 0 Å². The highest BCUT2D eigenvalue weighted by Crippen LogP contribution is 2.51. The highest BCUT2D eigenvalue weighted by Gasteiger charge is 2.32. The topological polar surface area (TPSA) is 26.3 Å². The minimum absolute atomic E-state index is 0.596. The molecule has 0 spiro atoms. The van der Waals surface area contributed by atoms with Crippen molar-refractivity contribution < 1.29 is 8.99 Å². The molecular formula is C28H35O2PSi. The van der Waals surface area contributed by atoms with Crippen molar-refractivity contribution in [3.8, 4) is 11.8 Å². The average Bonchev–Trinajstić information content (AvgIpc) is 2.76. The summed E-state index contributed by atoms with van der Waals surface area (Å²) in [5, 5.41) is 2.19. The number of hydrogen-bond acceptors (Lipinski definition) is 2. The molecule has 1 fully saturated rings. The van der Waals surface area contributed by atoms with E-state index in [1.54, 1.807) is 0 Å². The quantitative estimate of drug-likeness (QED) is 0.207. The third kappa shape index (κ3) is 6.47. The summed E-state index contributed by atoms with van der Waals surface area (Å²) in [7, 11) is -4.96. The van der Waals surface area contributed by atoms with Crippen LogP contribution in [0.5, 0.6) is 0 Å². The van der Waals surface area contributed by atoms with Crippen LogP contribution in [-0.2, 0) is 8.99 Å². The van der Waals surface area contributed by atoms with E-state index in [9.17, 15) is 4.57 Å². The summed E-state index contributed by atoms with van der Waals surface area (Å²) >= 11 is 0. The third-order valence-electron chi connectivity index (χ3n) is 5.35. The summed E-state index contributed by atoms with van der Waals surface area (Å²) in [6.45, 7) is 10.5. The van der Waals surface area contributed by atoms with Crippen molar-refractivity contribution in [1.29, 1.82) is 0 Å². The predicted molar refractivity (Wildman–Crippen MR) is 140 cm³/mol. The molecule has 0 radical (unpaired) electrons. The first-order chi connectivity index (χ1) is 15.1. The minimum atomic E-state index is -3.17. The van der Waals surface area contributed by atoms with Gasteiger partial charge in [0.15, 0.2) is 15.5 Å². The zero-order valence-electron chi connectivity index (χ0n) is 20.1. The molecule has 1 saturated carbocycles. The van der Waals surface area contributed by atoms with Gasteiger partial charge >= 0.3 is 0 Å². The second kappa shape index (κ2) is 10.2. The van der Waals surface area contributed by atoms with Gasteiger partial charge < -0.3 is 8.99 Å². The lowest BCUT2D eigenvalue weighted by molar-refractivity contribution is 0.164. The fourth-order valence-electron chi connectivity index (χ4n) is 4.14. The van der Waals surface area contributed by atoms with E-state index >= 15 is 0 Å². The summed E-state index contributed by atoms with van der Waals surface area (Å²) in [6, 6.07) is 19.5. The molecule has 0 N–H and O–H groups in total. The van der Waals surface area contributed by atoms with Crippen LogP contribution < -0.4 is 10.6 Å². The third-order valence-corrected chi connectivity index (χ3v) is 9.38. The van der Waals surface area contributed by atoms with Crippen LogP contribution in [0.15, 0.2) is 77.3 Å². The summed E-state index contributed by atoms with van der Waals surface area (Å²) in [5.41, 5.74) is 4.20. The van der Waals surface area contributed by atoms with Crippen molar-refractivity contribution in [2.24, 2.45) is 0 Å². The van der Waals surface area contributed by atoms with Crippen LogP contribution in [0.25, 0.3) is 0 Å². The van der Waals surface area contributed by atoms with E-state index in [1.807, 2.05) is 74.5 Å². The van der Waals surface area contributed by atoms with Crippen molar-refractivity contribution in [2.75, 3.05) is 0 Å². The van der Waals surface area contributed by atoms with Crippen molar-refractivity contribution in [2.45, 2.75) is 71.2 Å². The van der Waals surface area contributed by atoms with Crippen LogP contribution in [0, 0.1) is 11.8 Å². The Bertz CT molecular complexity index is 1040. The Morgan fingerprint density at radius 2 is 1.38 bits per heavy atom. The SMILES string of the molecule is CC(C)(C#CC(=C=C1CCCCC1)P(=O)(c1ccccc1)c1ccccc1)O[Si](C)(C)C. The van der Waals surface area contributed by atoms with Crippen LogP contribution >= 0.6 is 7.14 Å². The molecule has 0 atom stereocenters. The zero-order chi connectivity index (χ0) is 23.2. The van der Waals surface area contributed by atoms with Gasteiger partial charge in [0.1, 0.15) is 10.9 Å². The molecule has 0 aromatic heterocycles. The molecule has 0 saturated heterocycles. The second-order valence-electron chi connectivity index (χ2n) is 9.89. The zero-order valence-corrected chi connectivity index (χ0v) is 22.0. The van der Waals surface area contributed by atoms with Gasteiger partial charge in [-0.15, -0.1) is 5.73 Å². The minimum Gasteiger partial charge on any atom is -0.402 e. The molecule has 1 aliphatic carbocycles. The number of rotatable bonds is 5. The van der Waals surface area contributed by atoms with Gasteiger partial charge in [-0.2, -0.15) is 0 Å². The Kier molecular flexibility index (Phi) is 7.87. The van der Waals surface area contributed by atoms with Gasteiger partial charge in [-0.3, -0.25) is 0 Å². The normalized spacial score (nSPS) is 14.8. The van der Waals surface area contributed by atoms with E-state index < -0.39 is 21.1 Å². The highest BCUT2D eigenvalue weighted by molar-refractivity contribution is 7.82. The molecule has 0 unspecified atom stereocenters. The first-order valence-corrected chi connectivity index (χ1v) is 16.7. The Morgan fingerprint density at radius 3 is 1.84 bits per heavy atom. The van der Waals surface area contributed by atoms with Gasteiger partial charge in [0, 0.05) is 10.6 Å². The molecule has 0 heterocycles. The molecule has 2 aromatic rings. The van der Waals surface area contributed by atoms with Gasteiger partial charge in [-0.25, -0.2) is 0 Å². The van der Waals surface area contributed by atoms with Crippen LogP contribution in [0.4, 0.5) is 0 Å². The number of hydrogen-bond donors (Lipinski definition) is 0. The van der Waals surface area contributed by atoms with Gasteiger partial charge in [0.2, 0.25) is 0 Å². The smallest absolute Gasteiger partial charge is 0.186 e. The van der Waals surface area contributed by atoms with E-state index in [0.717, 1.165) is 36.3 Å². The van der Waals surface area contributed by atoms with E-state index in [1.165, 1.54) is 12.0 Å². The monoisotopic (exact) mass is 462 g/mol. The summed E-state index contributed by atoms with van der Waals surface area (Å²) in [4.78, 5) is 0. The molecule has 0 aliphatic heterocycles. The molecule has 0 amide bonds. The lowest BCUT2D eigenvalue weighted by Crippen LogP contribution is -2.37. The summed E-state index contributed by atoms with van der Waals surface area (Å²) in [6.07, 6.45) is 5.58. The summed E-state index contributed by atoms with van der Waals surface area (Å²) in [5.74, 6) is 6.66. The molecule has 2 aromatic carbocycles. The van der Waals surface area contributed by atoms with Crippen molar-refractivity contribution in [3.05, 3.63) is 77.3 Å². The van der Waals surface area contributed by atoms with Crippen LogP contribution in [0.3, 0.4) is 0 Å². The maximum atomic E-state index is 14.9. The Labute approximate surface area is 195 Å². The van der Waals surface area contributed by atoms with Crippen molar-refractivity contribution in [1.82, 2.24) is 0 Å². The molecule has 32 heavy (non-hydrogen) atoms. The molecule has 3 rings (SSSR count). The van der Waals surface area contributed by atoms with Crippen LogP contribution in [-0.4, -0.2) is 13.9 Å². The second-order valence-corrected chi connectivity index (χ2v) is 17.0. The average molecular weight is 463 g/mol. The van der Waals surface area contributed by atoms with E-state index in [0.29, 0.717) is 5.31 Å². The van der Waals surface area contributed by atoms with Crippen molar-refractivity contribution in [3.63, 3.8) is 0 Å². The largest absolute Gasteiger partial charge is 0.402 e. The standard InChI is InChI=1S/C28H35O2PSi/c1-28(2,30-32(3,4)5)22-21-27(23-24-15-9-6-10-16-24)31(29,25-17-11-7-12-18-25)26-19-13-8-14-20-26/h7-8,11-14,17-20H,6,9-10,15-16H2,1-5H3. The Hall–Kier alpha value is -2.07. The lowest BCUT2D eigenvalue weighted by atomic mass is 9.96. The van der Waals surface area contributed by atoms with Crippen LogP contribution in [0.1, 0.15) is 46.0 Å². The van der Waals surface area contributed by atoms with E-state index in [4.69, 9.17) is 4.43 Å². The molecule has 2 nitrogen and oxygen atoms in total. The Balaban J connectivity index is 2.25.